The fraction of sp³-hybridized carbons (Fsp3) is 0.250. The van der Waals surface area contributed by atoms with Crippen LogP contribution in [0.25, 0.3) is 0 Å². The summed E-state index contributed by atoms with van der Waals surface area (Å²) in [6.07, 6.45) is 1.82. The number of nitrogens with two attached hydrogens (primary N) is 1. The first kappa shape index (κ1) is 12.5. The highest BCUT2D eigenvalue weighted by Gasteiger charge is 2.26. The highest BCUT2D eigenvalue weighted by Crippen LogP contribution is 2.30. The van der Waals surface area contributed by atoms with Crippen molar-refractivity contribution >= 4 is 33.5 Å². The molecule has 1 aliphatic heterocycles. The summed E-state index contributed by atoms with van der Waals surface area (Å²) in [4.78, 5) is 6.28. The van der Waals surface area contributed by atoms with Gasteiger partial charge in [0.15, 0.2) is 5.96 Å². The first-order valence-electron chi connectivity index (χ1n) is 5.26. The van der Waals surface area contributed by atoms with Gasteiger partial charge in [-0.3, -0.25) is 4.99 Å². The number of aliphatic imine (C=N–C) groups is 1. The van der Waals surface area contributed by atoms with Gasteiger partial charge in [0.25, 0.3) is 0 Å². The van der Waals surface area contributed by atoms with Crippen LogP contribution in [0.4, 0.5) is 0 Å². The van der Waals surface area contributed by atoms with Crippen molar-refractivity contribution in [2.75, 3.05) is 13.1 Å². The predicted octanol–water partition coefficient (Wildman–Crippen LogP) is 2.96. The Morgan fingerprint density at radius 1 is 1.65 bits per heavy atom. The zero-order chi connectivity index (χ0) is 12.4. The molecule has 3 nitrogen and oxygen atoms in total. The van der Waals surface area contributed by atoms with Gasteiger partial charge in [-0.05, 0) is 33.6 Å². The number of benzene rings is 1. The lowest BCUT2D eigenvalue weighted by atomic mass is 10.1. The molecule has 0 radical (unpaired) electrons. The molecule has 1 aromatic carbocycles. The molecule has 0 aromatic heterocycles. The Bertz CT molecular complexity index is 473. The van der Waals surface area contributed by atoms with Crippen molar-refractivity contribution in [2.45, 2.75) is 6.04 Å². The molecule has 0 bridgehead atoms. The Balaban J connectivity index is 2.27. The largest absolute Gasteiger partial charge is 0.370 e. The van der Waals surface area contributed by atoms with Gasteiger partial charge >= 0.3 is 0 Å². The third kappa shape index (κ3) is 2.48. The van der Waals surface area contributed by atoms with E-state index in [-0.39, 0.29) is 6.04 Å². The lowest BCUT2D eigenvalue weighted by Gasteiger charge is -2.25. The monoisotopic (exact) mass is 313 g/mol. The number of hydrogen-bond acceptors (Lipinski definition) is 3. The average molecular weight is 315 g/mol. The van der Waals surface area contributed by atoms with E-state index in [9.17, 15) is 0 Å². The second kappa shape index (κ2) is 5.10. The molecule has 2 N–H and O–H groups in total. The molecule has 0 spiro atoms. The molecule has 0 aliphatic carbocycles. The van der Waals surface area contributed by atoms with Crippen molar-refractivity contribution in [3.8, 4) is 0 Å². The summed E-state index contributed by atoms with van der Waals surface area (Å²) >= 11 is 9.48. The summed E-state index contributed by atoms with van der Waals surface area (Å²) in [6, 6.07) is 6.07. The van der Waals surface area contributed by atoms with E-state index in [4.69, 9.17) is 17.3 Å². The van der Waals surface area contributed by atoms with Crippen molar-refractivity contribution < 1.29 is 0 Å². The minimum Gasteiger partial charge on any atom is -0.370 e. The predicted molar refractivity (Wildman–Crippen MR) is 75.3 cm³/mol. The van der Waals surface area contributed by atoms with Gasteiger partial charge in [-0.15, -0.1) is 6.58 Å². The fourth-order valence-electron chi connectivity index (χ4n) is 1.89. The molecular formula is C12H13BrClN3. The maximum absolute atomic E-state index is 6.10. The Morgan fingerprint density at radius 3 is 3.06 bits per heavy atom. The molecule has 5 heteroatoms. The van der Waals surface area contributed by atoms with E-state index in [1.807, 2.05) is 29.2 Å². The summed E-state index contributed by atoms with van der Waals surface area (Å²) in [5.74, 6) is 0.564. The number of hydrogen-bond donors (Lipinski definition) is 1. The molecule has 0 amide bonds. The third-order valence-corrected chi connectivity index (χ3v) is 3.98. The standard InChI is InChI=1S/C12H13BrClN3/c1-2-5-17-11(7-16-12(17)15)8-3-4-9(13)10(14)6-8/h2-4,6,11H,1,5,7H2,(H2,15,16). The highest BCUT2D eigenvalue weighted by molar-refractivity contribution is 9.10. The van der Waals surface area contributed by atoms with Crippen molar-refractivity contribution in [3.05, 3.63) is 45.9 Å². The van der Waals surface area contributed by atoms with E-state index in [0.717, 1.165) is 10.0 Å². The van der Waals surface area contributed by atoms with Crippen LogP contribution in [0.2, 0.25) is 5.02 Å². The first-order valence-corrected chi connectivity index (χ1v) is 6.43. The molecule has 1 atom stereocenters. The van der Waals surface area contributed by atoms with Crippen LogP contribution in [0.5, 0.6) is 0 Å². The minimum atomic E-state index is 0.151. The molecule has 1 aromatic rings. The fourth-order valence-corrected chi connectivity index (χ4v) is 2.33. The van der Waals surface area contributed by atoms with Crippen LogP contribution in [0.15, 0.2) is 40.3 Å². The molecule has 1 heterocycles. The van der Waals surface area contributed by atoms with E-state index >= 15 is 0 Å². The maximum atomic E-state index is 6.10. The second-order valence-electron chi connectivity index (χ2n) is 3.83. The lowest BCUT2D eigenvalue weighted by Crippen LogP contribution is -2.36. The Kier molecular flexibility index (Phi) is 3.74. The van der Waals surface area contributed by atoms with Crippen LogP contribution in [-0.4, -0.2) is 23.9 Å². The lowest BCUT2D eigenvalue weighted by molar-refractivity contribution is 0.380. The van der Waals surface area contributed by atoms with Gasteiger partial charge in [0.2, 0.25) is 0 Å². The quantitative estimate of drug-likeness (QED) is 0.872. The molecule has 1 aliphatic rings. The van der Waals surface area contributed by atoms with Crippen molar-refractivity contribution in [3.63, 3.8) is 0 Å². The zero-order valence-corrected chi connectivity index (χ0v) is 11.6. The SMILES string of the molecule is C=CCN1C(N)=NCC1c1ccc(Br)c(Cl)c1. The summed E-state index contributed by atoms with van der Waals surface area (Å²) in [5, 5.41) is 0.700. The van der Waals surface area contributed by atoms with E-state index < -0.39 is 0 Å². The van der Waals surface area contributed by atoms with Crippen molar-refractivity contribution in [1.29, 1.82) is 0 Å². The summed E-state index contributed by atoms with van der Waals surface area (Å²) < 4.78 is 0.894. The normalized spacial score (nSPS) is 19.3. The summed E-state index contributed by atoms with van der Waals surface area (Å²) in [7, 11) is 0. The third-order valence-electron chi connectivity index (χ3n) is 2.75. The van der Waals surface area contributed by atoms with Gasteiger partial charge in [-0.1, -0.05) is 23.7 Å². The molecule has 2 rings (SSSR count). The van der Waals surface area contributed by atoms with Gasteiger partial charge in [0, 0.05) is 11.0 Å². The van der Waals surface area contributed by atoms with Crippen LogP contribution in [0.3, 0.4) is 0 Å². The van der Waals surface area contributed by atoms with Crippen LogP contribution in [0, 0.1) is 0 Å². The number of nitrogens with zero attached hydrogens (tertiary/aromatic N) is 2. The zero-order valence-electron chi connectivity index (χ0n) is 9.24. The number of rotatable bonds is 3. The Morgan fingerprint density at radius 2 is 2.41 bits per heavy atom. The van der Waals surface area contributed by atoms with E-state index in [1.165, 1.54) is 0 Å². The summed E-state index contributed by atoms with van der Waals surface area (Å²) in [6.45, 7) is 5.09. The molecule has 17 heavy (non-hydrogen) atoms. The van der Waals surface area contributed by atoms with Gasteiger partial charge in [0.1, 0.15) is 0 Å². The van der Waals surface area contributed by atoms with Gasteiger partial charge < -0.3 is 10.6 Å². The highest BCUT2D eigenvalue weighted by atomic mass is 79.9. The number of halogens is 2. The Hall–Kier alpha value is -1.000. The molecule has 0 fully saturated rings. The molecule has 0 saturated heterocycles. The van der Waals surface area contributed by atoms with E-state index in [2.05, 4.69) is 27.5 Å². The topological polar surface area (TPSA) is 41.6 Å². The average Bonchev–Trinajstić information content (AvgIpc) is 2.66. The van der Waals surface area contributed by atoms with Gasteiger partial charge in [0.05, 0.1) is 17.6 Å². The van der Waals surface area contributed by atoms with Crippen LogP contribution < -0.4 is 5.73 Å². The van der Waals surface area contributed by atoms with Gasteiger partial charge in [-0.25, -0.2) is 0 Å². The minimum absolute atomic E-state index is 0.151. The second-order valence-corrected chi connectivity index (χ2v) is 5.09. The first-order chi connectivity index (χ1) is 8.13. The molecule has 1 unspecified atom stereocenters. The Labute approximate surface area is 114 Å². The smallest absolute Gasteiger partial charge is 0.192 e. The maximum Gasteiger partial charge on any atom is 0.192 e. The number of guanidine groups is 1. The van der Waals surface area contributed by atoms with Gasteiger partial charge in [-0.2, -0.15) is 0 Å². The molecule has 0 saturated carbocycles. The van der Waals surface area contributed by atoms with Crippen LogP contribution in [0.1, 0.15) is 11.6 Å². The summed E-state index contributed by atoms with van der Waals surface area (Å²) in [5.41, 5.74) is 6.96. The van der Waals surface area contributed by atoms with Crippen molar-refractivity contribution in [2.24, 2.45) is 10.7 Å². The van der Waals surface area contributed by atoms with E-state index in [1.54, 1.807) is 0 Å². The van der Waals surface area contributed by atoms with Crippen LogP contribution >= 0.6 is 27.5 Å². The molecular weight excluding hydrogens is 302 g/mol. The van der Waals surface area contributed by atoms with Crippen LogP contribution in [-0.2, 0) is 0 Å². The van der Waals surface area contributed by atoms with E-state index in [0.29, 0.717) is 24.1 Å². The van der Waals surface area contributed by atoms with Crippen molar-refractivity contribution in [1.82, 2.24) is 4.90 Å². The molecule has 90 valence electrons.